The van der Waals surface area contributed by atoms with E-state index in [1.807, 2.05) is 0 Å². The van der Waals surface area contributed by atoms with Crippen LogP contribution in [-0.4, -0.2) is 6.37 Å². The molecular formula is C74H84S2Si. The van der Waals surface area contributed by atoms with E-state index in [0.717, 1.165) is 0 Å². The fraction of sp³-hybridized carbons (Fsp3) is 0.324. The fourth-order valence-corrected chi connectivity index (χ4v) is 25.7. The lowest BCUT2D eigenvalue weighted by Crippen LogP contribution is -2.16. The van der Waals surface area contributed by atoms with Crippen molar-refractivity contribution in [1.82, 2.24) is 0 Å². The average molecular weight is 1070 g/mol. The van der Waals surface area contributed by atoms with E-state index in [-0.39, 0.29) is 0 Å². The van der Waals surface area contributed by atoms with Crippen molar-refractivity contribution >= 4 is 39.2 Å². The van der Waals surface area contributed by atoms with Gasteiger partial charge in [-0.1, -0.05) is 281 Å². The van der Waals surface area contributed by atoms with Crippen LogP contribution in [-0.2, 0) is 0 Å². The molecule has 396 valence electrons. The molecule has 77 heavy (non-hydrogen) atoms. The molecule has 9 rings (SSSR count). The fourth-order valence-electron chi connectivity index (χ4n) is 12.2. The number of benzene rings is 8. The molecule has 0 saturated carbocycles. The topological polar surface area (TPSA) is 0 Å². The van der Waals surface area contributed by atoms with Gasteiger partial charge < -0.3 is 0 Å². The van der Waals surface area contributed by atoms with E-state index in [9.17, 15) is 0 Å². The minimum Gasteiger partial charge on any atom is -0.126 e. The molecule has 1 aliphatic heterocycles. The Kier molecular flexibility index (Phi) is 17.1. The van der Waals surface area contributed by atoms with Gasteiger partial charge in [0.1, 0.15) is 0 Å². The van der Waals surface area contributed by atoms with E-state index < -0.39 is 6.37 Å². The highest BCUT2D eigenvalue weighted by molar-refractivity contribution is 8.64. The summed E-state index contributed by atoms with van der Waals surface area (Å²) in [7, 11) is 0. The van der Waals surface area contributed by atoms with Crippen molar-refractivity contribution in [3.05, 3.63) is 225 Å². The third kappa shape index (κ3) is 10.8. The van der Waals surface area contributed by atoms with Gasteiger partial charge in [-0.3, -0.25) is 0 Å². The zero-order valence-electron chi connectivity index (χ0n) is 49.1. The van der Waals surface area contributed by atoms with Gasteiger partial charge >= 0.3 is 0 Å². The van der Waals surface area contributed by atoms with Crippen LogP contribution in [0.2, 0.25) is 0 Å². The third-order valence-electron chi connectivity index (χ3n) is 16.1. The smallest absolute Gasteiger partial charge is 0.126 e. The van der Waals surface area contributed by atoms with Crippen LogP contribution in [0.5, 0.6) is 0 Å². The van der Waals surface area contributed by atoms with Gasteiger partial charge in [-0.15, -0.1) is 22.4 Å². The maximum absolute atomic E-state index is 3.02. The number of hydrogen-bond acceptors (Lipinski definition) is 2. The number of hydrogen-bond donors (Lipinski definition) is 0. The molecule has 0 unspecified atom stereocenters. The van der Waals surface area contributed by atoms with Crippen LogP contribution in [0.3, 0.4) is 0 Å². The Labute approximate surface area is 474 Å². The molecule has 0 spiro atoms. The van der Waals surface area contributed by atoms with Gasteiger partial charge in [0.05, 0.1) is 0 Å². The van der Waals surface area contributed by atoms with E-state index >= 15 is 0 Å². The summed E-state index contributed by atoms with van der Waals surface area (Å²) in [5.74, 6) is 2.67. The third-order valence-corrected chi connectivity index (χ3v) is 27.0. The molecule has 0 aromatic heterocycles. The average Bonchev–Trinajstić information content (AvgIpc) is 4.06. The molecule has 0 bridgehead atoms. The van der Waals surface area contributed by atoms with E-state index in [4.69, 9.17) is 0 Å². The molecular weight excluding hydrogens is 981 g/mol. The molecule has 0 radical (unpaired) electrons. The quantitative estimate of drug-likeness (QED) is 0.0786. The molecule has 0 aliphatic carbocycles. The summed E-state index contributed by atoms with van der Waals surface area (Å²) in [4.78, 5) is 2.82. The Bertz CT molecular complexity index is 2920. The van der Waals surface area contributed by atoms with Crippen LogP contribution in [0.1, 0.15) is 214 Å². The second kappa shape index (κ2) is 23.4. The summed E-state index contributed by atoms with van der Waals surface area (Å²) in [6.07, 6.45) is -3.02. The largest absolute Gasteiger partial charge is 0.250 e. The van der Waals surface area contributed by atoms with Crippen LogP contribution < -0.4 is 0 Å². The summed E-state index contributed by atoms with van der Waals surface area (Å²) in [6, 6.07) is 66.3. The predicted octanol–water partition coefficient (Wildman–Crippen LogP) is 23.4. The molecule has 0 fully saturated rings. The van der Waals surface area contributed by atoms with Crippen molar-refractivity contribution in [2.45, 2.75) is 168 Å². The van der Waals surface area contributed by atoms with E-state index in [1.165, 1.54) is 120 Å². The van der Waals surface area contributed by atoms with E-state index in [1.54, 1.807) is 0 Å². The first-order valence-corrected chi connectivity index (χ1v) is 34.0. The molecule has 0 amide bonds. The minimum atomic E-state index is -3.02. The molecule has 0 N–H and O–H groups in total. The van der Waals surface area contributed by atoms with Gasteiger partial charge in [-0.05, 0) is 158 Å². The monoisotopic (exact) mass is 1060 g/mol. The van der Waals surface area contributed by atoms with Crippen molar-refractivity contribution in [2.75, 3.05) is 0 Å². The van der Waals surface area contributed by atoms with Gasteiger partial charge in [0.15, 0.2) is 0 Å². The first kappa shape index (κ1) is 56.1. The van der Waals surface area contributed by atoms with Crippen LogP contribution in [0, 0.1) is 0 Å². The second-order valence-corrected chi connectivity index (χ2v) is 33.3. The zero-order valence-corrected chi connectivity index (χ0v) is 51.7. The summed E-state index contributed by atoms with van der Waals surface area (Å²) < 4.78 is 0. The highest BCUT2D eigenvalue weighted by atomic mass is 32.6. The lowest BCUT2D eigenvalue weighted by Gasteiger charge is -2.30. The van der Waals surface area contributed by atoms with Crippen molar-refractivity contribution in [3.8, 4) is 44.5 Å². The molecule has 1 heterocycles. The van der Waals surface area contributed by atoms with Crippen LogP contribution in [0.15, 0.2) is 180 Å². The summed E-state index contributed by atoms with van der Waals surface area (Å²) >= 11 is 4.52. The predicted molar refractivity (Wildman–Crippen MR) is 345 cm³/mol. The van der Waals surface area contributed by atoms with Crippen molar-refractivity contribution < 1.29 is 0 Å². The maximum atomic E-state index is 2.49. The summed E-state index contributed by atoms with van der Waals surface area (Å²) in [5.41, 5.74) is 25.1. The highest BCUT2D eigenvalue weighted by Gasteiger charge is 2.60. The highest BCUT2D eigenvalue weighted by Crippen LogP contribution is 2.71. The molecule has 8 aromatic rings. The molecule has 8 aromatic carbocycles. The Balaban J connectivity index is 1.49. The van der Waals surface area contributed by atoms with Gasteiger partial charge in [0.25, 0.3) is 0 Å². The zero-order chi connectivity index (χ0) is 55.0. The van der Waals surface area contributed by atoms with Crippen molar-refractivity contribution in [2.24, 2.45) is 0 Å². The first-order chi connectivity index (χ1) is 36.9. The van der Waals surface area contributed by atoms with Gasteiger partial charge in [0, 0.05) is 9.79 Å². The van der Waals surface area contributed by atoms with Crippen LogP contribution >= 0.6 is 22.4 Å². The first-order valence-electron chi connectivity index (χ1n) is 28.9. The lowest BCUT2D eigenvalue weighted by atomic mass is 9.82. The molecule has 0 atom stereocenters. The SMILES string of the molecule is CC(C)c1cccc(C(C)C)c1-c1cccc(-c2c(C(C)C)cccc2C(C)C)c1S[Si]1(Sc2c(-c3c(C(C)C)cccc3C(C)C)cccc2-c2c(C(C)C)cccc2C(C)C)C(c2ccccc2)=C1c1ccccc1. The molecule has 1 aliphatic rings. The summed E-state index contributed by atoms with van der Waals surface area (Å²) in [5, 5.41) is 3.07. The number of rotatable bonds is 18. The Morgan fingerprint density at radius 1 is 0.234 bits per heavy atom. The molecule has 0 nitrogen and oxygen atoms in total. The van der Waals surface area contributed by atoms with Gasteiger partial charge in [0.2, 0.25) is 6.37 Å². The minimum absolute atomic E-state index is 0.334. The Hall–Kier alpha value is -5.58. The van der Waals surface area contributed by atoms with E-state index in [0.29, 0.717) is 47.3 Å². The Morgan fingerprint density at radius 3 is 0.623 bits per heavy atom. The van der Waals surface area contributed by atoms with Gasteiger partial charge in [-0.2, -0.15) is 0 Å². The van der Waals surface area contributed by atoms with Crippen molar-refractivity contribution in [3.63, 3.8) is 0 Å². The van der Waals surface area contributed by atoms with Crippen molar-refractivity contribution in [1.29, 1.82) is 0 Å². The van der Waals surface area contributed by atoms with E-state index in [2.05, 4.69) is 303 Å². The van der Waals surface area contributed by atoms with Crippen LogP contribution in [0.4, 0.5) is 0 Å². The second-order valence-electron chi connectivity index (χ2n) is 24.2. The standard InChI is InChI=1S/C74H84S2Si/c1-45(2)55-33-23-34-56(46(3)4)67(55)63-41-27-42-64(68-57(47(5)6)35-24-36-58(68)48(7)8)71(63)75-77(73(53-29-19-17-20-30-53)74(77)54-31-21-18-22-32-54)76-72-65(69-59(49(9)10)37-25-38-60(69)50(11)12)43-28-44-66(72)70-61(51(13)14)39-26-40-62(70)52(15)16/h17-52H,1-16H3. The summed E-state index contributed by atoms with van der Waals surface area (Å²) in [6.45, 7) is 38.2. The molecule has 3 heteroatoms. The molecule has 0 saturated heterocycles. The van der Waals surface area contributed by atoms with Crippen LogP contribution in [0.25, 0.3) is 54.9 Å². The normalized spacial score (nSPS) is 13.5. The maximum Gasteiger partial charge on any atom is 0.250 e. The Morgan fingerprint density at radius 2 is 0.429 bits per heavy atom. The lowest BCUT2D eigenvalue weighted by molar-refractivity contribution is 0.835. The van der Waals surface area contributed by atoms with Gasteiger partial charge in [-0.25, -0.2) is 0 Å².